The Bertz CT molecular complexity index is 929. The molecule has 0 aromatic heterocycles. The maximum atomic E-state index is 12.1. The average Bonchev–Trinajstić information content (AvgIpc) is 2.54. The molecule has 0 bridgehead atoms. The molecule has 0 heterocycles. The molecule has 0 unspecified atom stereocenters. The molecule has 0 saturated carbocycles. The van der Waals surface area contributed by atoms with E-state index in [2.05, 4.69) is 10.5 Å². The van der Waals surface area contributed by atoms with Crippen LogP contribution < -0.4 is 9.73 Å². The van der Waals surface area contributed by atoms with Crippen molar-refractivity contribution >= 4 is 62.6 Å². The average molecular weight is 435 g/mol. The Kier molecular flexibility index (Phi) is 6.88. The van der Waals surface area contributed by atoms with Crippen molar-refractivity contribution in [2.75, 3.05) is 17.1 Å². The minimum absolute atomic E-state index is 0.272. The van der Waals surface area contributed by atoms with Crippen molar-refractivity contribution in [3.05, 3.63) is 63.1 Å². The van der Waals surface area contributed by atoms with Gasteiger partial charge in [0.25, 0.3) is 5.91 Å². The third kappa shape index (κ3) is 5.60. The van der Waals surface area contributed by atoms with Crippen molar-refractivity contribution in [3.63, 3.8) is 0 Å². The van der Waals surface area contributed by atoms with Crippen molar-refractivity contribution in [2.45, 2.75) is 0 Å². The third-order valence-corrected chi connectivity index (χ3v) is 5.20. The lowest BCUT2D eigenvalue weighted by molar-refractivity contribution is -0.119. The lowest BCUT2D eigenvalue weighted by Crippen LogP contribution is -2.39. The molecule has 10 heteroatoms. The quantitative estimate of drug-likeness (QED) is 0.558. The summed E-state index contributed by atoms with van der Waals surface area (Å²) in [7, 11) is -3.70. The summed E-state index contributed by atoms with van der Waals surface area (Å²) in [6.45, 7) is -0.466. The highest BCUT2D eigenvalue weighted by molar-refractivity contribution is 7.92. The molecule has 1 amide bonds. The molecule has 0 atom stereocenters. The maximum absolute atomic E-state index is 12.1. The van der Waals surface area contributed by atoms with Crippen molar-refractivity contribution in [2.24, 2.45) is 5.10 Å². The number of sulfonamides is 1. The first-order chi connectivity index (χ1) is 12.2. The summed E-state index contributed by atoms with van der Waals surface area (Å²) >= 11 is 17.9. The fourth-order valence-corrected chi connectivity index (χ4v) is 3.53. The Labute approximate surface area is 166 Å². The molecule has 1 N–H and O–H groups in total. The van der Waals surface area contributed by atoms with E-state index in [1.165, 1.54) is 18.3 Å². The van der Waals surface area contributed by atoms with Gasteiger partial charge in [-0.1, -0.05) is 46.9 Å². The molecule has 0 spiro atoms. The lowest BCUT2D eigenvalue weighted by Gasteiger charge is -2.21. The van der Waals surface area contributed by atoms with Gasteiger partial charge in [-0.2, -0.15) is 5.10 Å². The van der Waals surface area contributed by atoms with E-state index >= 15 is 0 Å². The first-order valence-electron chi connectivity index (χ1n) is 7.17. The van der Waals surface area contributed by atoms with E-state index in [1.54, 1.807) is 30.3 Å². The highest BCUT2D eigenvalue weighted by Crippen LogP contribution is 2.22. The number of carbonyl (C=O) groups excluding carboxylic acids is 1. The molecule has 2 aromatic rings. The standard InChI is InChI=1S/C16H14Cl3N3O3S/c1-26(24,25)22(12-5-2-4-11(17)8-12)10-16(23)21-20-9-13-14(18)6-3-7-15(13)19/h2-9H,10H2,1H3,(H,21,23)/b20-9-. The molecule has 0 radical (unpaired) electrons. The van der Waals surface area contributed by atoms with Gasteiger partial charge in [0, 0.05) is 10.6 Å². The van der Waals surface area contributed by atoms with Gasteiger partial charge in [0.15, 0.2) is 0 Å². The van der Waals surface area contributed by atoms with Crippen molar-refractivity contribution in [3.8, 4) is 0 Å². The van der Waals surface area contributed by atoms with Gasteiger partial charge in [0.2, 0.25) is 10.0 Å². The van der Waals surface area contributed by atoms with E-state index in [1.807, 2.05) is 0 Å². The Morgan fingerprint density at radius 1 is 1.15 bits per heavy atom. The number of rotatable bonds is 6. The summed E-state index contributed by atoms with van der Waals surface area (Å²) in [6.07, 6.45) is 2.28. The molecule has 0 aliphatic rings. The van der Waals surface area contributed by atoms with E-state index in [0.717, 1.165) is 10.6 Å². The van der Waals surface area contributed by atoms with Crippen LogP contribution in [-0.4, -0.2) is 33.3 Å². The second-order valence-corrected chi connectivity index (χ2v) is 8.34. The van der Waals surface area contributed by atoms with Gasteiger partial charge in [0.05, 0.1) is 28.2 Å². The van der Waals surface area contributed by atoms with Crippen LogP contribution in [0.4, 0.5) is 5.69 Å². The number of hydrogen-bond donors (Lipinski definition) is 1. The fourth-order valence-electron chi connectivity index (χ4n) is 2.00. The Morgan fingerprint density at radius 2 is 1.77 bits per heavy atom. The predicted octanol–water partition coefficient (Wildman–Crippen LogP) is 3.56. The fraction of sp³-hybridized carbons (Fsp3) is 0.125. The van der Waals surface area contributed by atoms with E-state index in [-0.39, 0.29) is 5.69 Å². The summed E-state index contributed by atoms with van der Waals surface area (Å²) in [5.41, 5.74) is 2.95. The summed E-state index contributed by atoms with van der Waals surface area (Å²) in [6, 6.07) is 11.1. The van der Waals surface area contributed by atoms with Crippen molar-refractivity contribution in [1.82, 2.24) is 5.43 Å². The summed E-state index contributed by atoms with van der Waals surface area (Å²) < 4.78 is 24.9. The molecule has 6 nitrogen and oxygen atoms in total. The number of halogens is 3. The molecule has 0 fully saturated rings. The summed E-state index contributed by atoms with van der Waals surface area (Å²) in [4.78, 5) is 12.1. The molecule has 2 rings (SSSR count). The van der Waals surface area contributed by atoms with Crippen LogP contribution >= 0.6 is 34.8 Å². The number of nitrogens with one attached hydrogen (secondary N) is 1. The molecule has 2 aromatic carbocycles. The second kappa shape index (κ2) is 8.73. The van der Waals surface area contributed by atoms with Crippen molar-refractivity contribution < 1.29 is 13.2 Å². The highest BCUT2D eigenvalue weighted by atomic mass is 35.5. The van der Waals surface area contributed by atoms with Gasteiger partial charge in [-0.05, 0) is 30.3 Å². The zero-order chi connectivity index (χ0) is 19.3. The third-order valence-electron chi connectivity index (χ3n) is 3.17. The van der Waals surface area contributed by atoms with E-state index in [9.17, 15) is 13.2 Å². The number of carbonyl (C=O) groups is 1. The molecule has 138 valence electrons. The van der Waals surface area contributed by atoms with Gasteiger partial charge >= 0.3 is 0 Å². The summed E-state index contributed by atoms with van der Waals surface area (Å²) in [5, 5.41) is 4.85. The van der Waals surface area contributed by atoms with E-state index in [4.69, 9.17) is 34.8 Å². The number of benzene rings is 2. The number of amides is 1. The number of hydrazone groups is 1. The number of hydrogen-bond acceptors (Lipinski definition) is 4. The topological polar surface area (TPSA) is 78.8 Å². The number of nitrogens with zero attached hydrogens (tertiary/aromatic N) is 2. The van der Waals surface area contributed by atoms with Crippen LogP contribution in [0.5, 0.6) is 0 Å². The zero-order valence-electron chi connectivity index (χ0n) is 13.5. The van der Waals surface area contributed by atoms with E-state index < -0.39 is 22.5 Å². The van der Waals surface area contributed by atoms with Crippen LogP contribution in [0.25, 0.3) is 0 Å². The van der Waals surface area contributed by atoms with Crippen molar-refractivity contribution in [1.29, 1.82) is 0 Å². The first kappa shape index (κ1) is 20.5. The lowest BCUT2D eigenvalue weighted by atomic mass is 10.2. The Morgan fingerprint density at radius 3 is 2.35 bits per heavy atom. The first-order valence-corrected chi connectivity index (χ1v) is 10.2. The molecule has 0 aliphatic carbocycles. The second-order valence-electron chi connectivity index (χ2n) is 5.18. The predicted molar refractivity (Wildman–Crippen MR) is 106 cm³/mol. The van der Waals surface area contributed by atoms with Gasteiger partial charge < -0.3 is 0 Å². The van der Waals surface area contributed by atoms with Crippen LogP contribution in [-0.2, 0) is 14.8 Å². The number of anilines is 1. The van der Waals surface area contributed by atoms with Crippen LogP contribution in [0, 0.1) is 0 Å². The van der Waals surface area contributed by atoms with Crippen LogP contribution in [0.3, 0.4) is 0 Å². The molecular weight excluding hydrogens is 421 g/mol. The van der Waals surface area contributed by atoms with Gasteiger partial charge in [-0.25, -0.2) is 13.8 Å². The van der Waals surface area contributed by atoms with Crippen LogP contribution in [0.1, 0.15) is 5.56 Å². The summed E-state index contributed by atoms with van der Waals surface area (Å²) in [5.74, 6) is -0.644. The van der Waals surface area contributed by atoms with Gasteiger partial charge in [0.1, 0.15) is 6.54 Å². The Balaban J connectivity index is 2.12. The maximum Gasteiger partial charge on any atom is 0.260 e. The largest absolute Gasteiger partial charge is 0.271 e. The molecule has 0 saturated heterocycles. The minimum Gasteiger partial charge on any atom is -0.271 e. The van der Waals surface area contributed by atoms with E-state index in [0.29, 0.717) is 20.6 Å². The molecule has 26 heavy (non-hydrogen) atoms. The van der Waals surface area contributed by atoms with Crippen LogP contribution in [0.2, 0.25) is 15.1 Å². The minimum atomic E-state index is -3.70. The SMILES string of the molecule is CS(=O)(=O)N(CC(=O)N/N=C\c1c(Cl)cccc1Cl)c1cccc(Cl)c1. The Hall–Kier alpha value is -1.80. The smallest absolute Gasteiger partial charge is 0.260 e. The molecular formula is C16H14Cl3N3O3S. The monoisotopic (exact) mass is 433 g/mol. The van der Waals surface area contributed by atoms with Gasteiger partial charge in [-0.3, -0.25) is 9.10 Å². The molecule has 0 aliphatic heterocycles. The van der Waals surface area contributed by atoms with Crippen LogP contribution in [0.15, 0.2) is 47.6 Å². The zero-order valence-corrected chi connectivity index (χ0v) is 16.6. The van der Waals surface area contributed by atoms with Gasteiger partial charge in [-0.15, -0.1) is 0 Å². The highest BCUT2D eigenvalue weighted by Gasteiger charge is 2.20. The normalized spacial score (nSPS) is 11.5.